The Morgan fingerprint density at radius 3 is 2.62 bits per heavy atom. The van der Waals surface area contributed by atoms with E-state index in [4.69, 9.17) is 10.7 Å². The lowest BCUT2D eigenvalue weighted by Crippen LogP contribution is -2.19. The van der Waals surface area contributed by atoms with Gasteiger partial charge in [0.05, 0.1) is 5.69 Å². The zero-order valence-corrected chi connectivity index (χ0v) is 9.06. The van der Waals surface area contributed by atoms with Crippen molar-refractivity contribution < 1.29 is 0 Å². The molecule has 0 bridgehead atoms. The van der Waals surface area contributed by atoms with Crippen molar-refractivity contribution >= 4 is 0 Å². The Morgan fingerprint density at radius 1 is 1.00 bits per heavy atom. The largest absolute Gasteiger partial charge is 0.327 e. The third-order valence-electron chi connectivity index (χ3n) is 3.08. The van der Waals surface area contributed by atoms with E-state index >= 15 is 0 Å². The van der Waals surface area contributed by atoms with Crippen LogP contribution >= 0.6 is 0 Å². The first kappa shape index (κ1) is 9.55. The number of nitrogens with two attached hydrogens (primary N) is 1. The van der Waals surface area contributed by atoms with E-state index < -0.39 is 0 Å². The Kier molecular flexibility index (Phi) is 2.22. The fourth-order valence-corrected chi connectivity index (χ4v) is 2.27. The number of pyridine rings is 1. The summed E-state index contributed by atoms with van der Waals surface area (Å²) in [6.07, 6.45) is 1.88. The number of fused-ring (bicyclic) bond motifs is 1. The molecule has 2 aromatic rings. The summed E-state index contributed by atoms with van der Waals surface area (Å²) in [5.41, 5.74) is 10.6. The number of aromatic nitrogens is 1. The van der Waals surface area contributed by atoms with Gasteiger partial charge in [0.25, 0.3) is 0 Å². The summed E-state index contributed by atoms with van der Waals surface area (Å²) in [7, 11) is 0. The van der Waals surface area contributed by atoms with Gasteiger partial charge in [-0.3, -0.25) is 4.98 Å². The van der Waals surface area contributed by atoms with Crippen molar-refractivity contribution in [1.82, 2.24) is 4.98 Å². The fourth-order valence-electron chi connectivity index (χ4n) is 2.27. The predicted molar refractivity (Wildman–Crippen MR) is 65.1 cm³/mol. The van der Waals surface area contributed by atoms with Crippen molar-refractivity contribution in [2.75, 3.05) is 0 Å². The van der Waals surface area contributed by atoms with Gasteiger partial charge in [0, 0.05) is 23.7 Å². The van der Waals surface area contributed by atoms with E-state index in [1.165, 1.54) is 16.8 Å². The highest BCUT2D eigenvalue weighted by Gasteiger charge is 2.19. The molecule has 1 aliphatic carbocycles. The third kappa shape index (κ3) is 1.61. The molecular weight excluding hydrogens is 196 g/mol. The monoisotopic (exact) mass is 210 g/mol. The Balaban J connectivity index is 2.03. The summed E-state index contributed by atoms with van der Waals surface area (Å²) < 4.78 is 0. The maximum atomic E-state index is 5.93. The van der Waals surface area contributed by atoms with E-state index in [2.05, 4.69) is 24.3 Å². The average molecular weight is 210 g/mol. The molecule has 0 aliphatic heterocycles. The van der Waals surface area contributed by atoms with Gasteiger partial charge in [-0.15, -0.1) is 0 Å². The smallest absolute Gasteiger partial charge is 0.0705 e. The maximum absolute atomic E-state index is 5.93. The van der Waals surface area contributed by atoms with Gasteiger partial charge in [0.1, 0.15) is 0 Å². The Hall–Kier alpha value is -1.67. The van der Waals surface area contributed by atoms with E-state index in [1.54, 1.807) is 0 Å². The zero-order chi connectivity index (χ0) is 11.0. The third-order valence-corrected chi connectivity index (χ3v) is 3.08. The highest BCUT2D eigenvalue weighted by atomic mass is 14.8. The highest BCUT2D eigenvalue weighted by Crippen LogP contribution is 2.24. The quantitative estimate of drug-likeness (QED) is 0.783. The van der Waals surface area contributed by atoms with Crippen LogP contribution in [0.2, 0.25) is 0 Å². The van der Waals surface area contributed by atoms with Crippen LogP contribution in [0, 0.1) is 0 Å². The zero-order valence-electron chi connectivity index (χ0n) is 9.06. The molecule has 0 radical (unpaired) electrons. The van der Waals surface area contributed by atoms with Gasteiger partial charge in [-0.05, 0) is 18.1 Å². The van der Waals surface area contributed by atoms with Crippen LogP contribution in [0.15, 0.2) is 42.5 Å². The van der Waals surface area contributed by atoms with Gasteiger partial charge in [-0.25, -0.2) is 0 Å². The molecule has 16 heavy (non-hydrogen) atoms. The molecule has 0 fully saturated rings. The molecule has 1 aliphatic rings. The summed E-state index contributed by atoms with van der Waals surface area (Å²) in [6.45, 7) is 0. The molecule has 0 saturated heterocycles. The Bertz CT molecular complexity index is 505. The van der Waals surface area contributed by atoms with E-state index in [-0.39, 0.29) is 6.04 Å². The lowest BCUT2D eigenvalue weighted by molar-refractivity contribution is 0.716. The van der Waals surface area contributed by atoms with Crippen LogP contribution in [0.3, 0.4) is 0 Å². The second-order valence-electron chi connectivity index (χ2n) is 4.34. The first-order chi connectivity index (χ1) is 7.83. The lowest BCUT2D eigenvalue weighted by atomic mass is 10.1. The van der Waals surface area contributed by atoms with E-state index in [1.807, 2.05) is 18.2 Å². The lowest BCUT2D eigenvalue weighted by Gasteiger charge is -2.03. The summed E-state index contributed by atoms with van der Waals surface area (Å²) in [4.78, 5) is 4.69. The molecule has 0 saturated carbocycles. The summed E-state index contributed by atoms with van der Waals surface area (Å²) in [6, 6.07) is 14.8. The van der Waals surface area contributed by atoms with E-state index in [0.29, 0.717) is 0 Å². The van der Waals surface area contributed by atoms with Crippen LogP contribution in [0.1, 0.15) is 11.3 Å². The SMILES string of the molecule is NC1Cc2ccc(-c3ccccc3)nc2C1. The standard InChI is InChI=1S/C14H14N2/c15-12-8-11-6-7-13(16-14(11)9-12)10-4-2-1-3-5-10/h1-7,12H,8-9,15H2. The number of rotatable bonds is 1. The van der Waals surface area contributed by atoms with Crippen LogP contribution in [-0.2, 0) is 12.8 Å². The molecule has 1 aromatic carbocycles. The topological polar surface area (TPSA) is 38.9 Å². The van der Waals surface area contributed by atoms with Gasteiger partial charge >= 0.3 is 0 Å². The highest BCUT2D eigenvalue weighted by molar-refractivity contribution is 5.59. The van der Waals surface area contributed by atoms with Gasteiger partial charge < -0.3 is 5.73 Å². The first-order valence-corrected chi connectivity index (χ1v) is 5.63. The average Bonchev–Trinajstić information content (AvgIpc) is 2.69. The normalized spacial score (nSPS) is 18.4. The maximum Gasteiger partial charge on any atom is 0.0705 e. The van der Waals surface area contributed by atoms with Crippen LogP contribution in [-0.4, -0.2) is 11.0 Å². The van der Waals surface area contributed by atoms with Crippen LogP contribution in [0.25, 0.3) is 11.3 Å². The molecule has 0 spiro atoms. The Morgan fingerprint density at radius 2 is 1.81 bits per heavy atom. The second-order valence-corrected chi connectivity index (χ2v) is 4.34. The van der Waals surface area contributed by atoms with Gasteiger partial charge in [-0.2, -0.15) is 0 Å². The molecule has 3 rings (SSSR count). The van der Waals surface area contributed by atoms with Crippen LogP contribution in [0.5, 0.6) is 0 Å². The first-order valence-electron chi connectivity index (χ1n) is 5.63. The minimum Gasteiger partial charge on any atom is -0.327 e. The van der Waals surface area contributed by atoms with Crippen LogP contribution in [0.4, 0.5) is 0 Å². The Labute approximate surface area is 95.1 Å². The molecular formula is C14H14N2. The van der Waals surface area contributed by atoms with E-state index in [0.717, 1.165) is 18.5 Å². The van der Waals surface area contributed by atoms with E-state index in [9.17, 15) is 0 Å². The summed E-state index contributed by atoms with van der Waals surface area (Å²) in [5, 5.41) is 0. The van der Waals surface area contributed by atoms with Gasteiger partial charge in [0.15, 0.2) is 0 Å². The van der Waals surface area contributed by atoms with Crippen molar-refractivity contribution in [3.63, 3.8) is 0 Å². The molecule has 0 amide bonds. The summed E-state index contributed by atoms with van der Waals surface area (Å²) >= 11 is 0. The molecule has 80 valence electrons. The molecule has 1 heterocycles. The molecule has 2 heteroatoms. The van der Waals surface area contributed by atoms with Gasteiger partial charge in [-0.1, -0.05) is 36.4 Å². The van der Waals surface area contributed by atoms with Crippen molar-refractivity contribution in [2.24, 2.45) is 5.73 Å². The summed E-state index contributed by atoms with van der Waals surface area (Å²) in [5.74, 6) is 0. The molecule has 1 atom stereocenters. The second kappa shape index (κ2) is 3.72. The number of nitrogens with zero attached hydrogens (tertiary/aromatic N) is 1. The van der Waals surface area contributed by atoms with Crippen molar-refractivity contribution in [3.8, 4) is 11.3 Å². The van der Waals surface area contributed by atoms with Gasteiger partial charge in [0.2, 0.25) is 0 Å². The van der Waals surface area contributed by atoms with Crippen LogP contribution < -0.4 is 5.73 Å². The minimum atomic E-state index is 0.258. The van der Waals surface area contributed by atoms with Crippen molar-refractivity contribution in [1.29, 1.82) is 0 Å². The molecule has 1 unspecified atom stereocenters. The number of hydrogen-bond donors (Lipinski definition) is 1. The van der Waals surface area contributed by atoms with Crippen molar-refractivity contribution in [3.05, 3.63) is 53.7 Å². The molecule has 2 nitrogen and oxygen atoms in total. The molecule has 1 aromatic heterocycles. The minimum absolute atomic E-state index is 0.258. The number of hydrogen-bond acceptors (Lipinski definition) is 2. The fraction of sp³-hybridized carbons (Fsp3) is 0.214. The molecule has 2 N–H and O–H groups in total. The van der Waals surface area contributed by atoms with Crippen molar-refractivity contribution in [2.45, 2.75) is 18.9 Å². The number of benzene rings is 1. The predicted octanol–water partition coefficient (Wildman–Crippen LogP) is 2.17.